The Morgan fingerprint density at radius 2 is 1.87 bits per heavy atom. The van der Waals surface area contributed by atoms with Crippen molar-refractivity contribution < 1.29 is 19.1 Å². The summed E-state index contributed by atoms with van der Waals surface area (Å²) in [6.07, 6.45) is 6.02. The van der Waals surface area contributed by atoms with Gasteiger partial charge in [0.1, 0.15) is 23.1 Å². The summed E-state index contributed by atoms with van der Waals surface area (Å²) in [5.74, 6) is 2.86. The van der Waals surface area contributed by atoms with Crippen molar-refractivity contribution >= 4 is 28.3 Å². The Bertz CT molecular complexity index is 1480. The molecule has 2 aromatic carbocycles. The molecule has 10 nitrogen and oxygen atoms in total. The number of nitrogens with zero attached hydrogens (tertiary/aromatic N) is 5. The number of aryl methyl sites for hydroxylation is 1. The Kier molecular flexibility index (Phi) is 6.97. The van der Waals surface area contributed by atoms with E-state index < -0.39 is 6.10 Å². The minimum atomic E-state index is -0.599. The first-order valence-corrected chi connectivity index (χ1v) is 13.9. The largest absolute Gasteiger partial charge is 0.480 e. The normalized spacial score (nSPS) is 17.0. The molecule has 200 valence electrons. The standard InChI is InChI=1S/C28H28N6O4S/c1-33-13-10-23(27(33)36)38-22-16-19(26(35)30-28-29-11-14-39-28)15-21(17-22)37-20-8-6-18(7-9-20)25-32-31-24-5-3-2-4-12-34(24)25/h6-9,11,14-17,23H,2-5,10,12-13H2,1H3,(H,29,30,35). The zero-order chi connectivity index (χ0) is 26.8. The molecular formula is C28H28N6O4S. The molecule has 0 bridgehead atoms. The summed E-state index contributed by atoms with van der Waals surface area (Å²) in [5, 5.41) is 13.9. The molecular weight excluding hydrogens is 516 g/mol. The second-order valence-corrected chi connectivity index (χ2v) is 10.6. The van der Waals surface area contributed by atoms with Crippen molar-refractivity contribution in [2.24, 2.45) is 0 Å². The third kappa shape index (κ3) is 5.49. The van der Waals surface area contributed by atoms with Crippen LogP contribution in [0.1, 0.15) is 41.9 Å². The number of likely N-dealkylation sites (tertiary alicyclic amines) is 1. The van der Waals surface area contributed by atoms with E-state index in [0.717, 1.165) is 43.0 Å². The highest BCUT2D eigenvalue weighted by atomic mass is 32.1. The summed E-state index contributed by atoms with van der Waals surface area (Å²) in [5.41, 5.74) is 1.30. The van der Waals surface area contributed by atoms with E-state index in [4.69, 9.17) is 9.47 Å². The van der Waals surface area contributed by atoms with E-state index in [1.165, 1.54) is 17.8 Å². The molecule has 6 rings (SSSR count). The van der Waals surface area contributed by atoms with E-state index in [1.54, 1.807) is 41.7 Å². The molecule has 4 heterocycles. The number of amides is 2. The molecule has 1 N–H and O–H groups in total. The van der Waals surface area contributed by atoms with Crippen LogP contribution in [0.5, 0.6) is 17.2 Å². The lowest BCUT2D eigenvalue weighted by atomic mass is 10.1. The summed E-state index contributed by atoms with van der Waals surface area (Å²) in [6.45, 7) is 1.55. The first-order chi connectivity index (χ1) is 19.0. The fourth-order valence-corrected chi connectivity index (χ4v) is 5.38. The number of nitrogens with one attached hydrogen (secondary N) is 1. The molecule has 0 spiro atoms. The second-order valence-electron chi connectivity index (χ2n) is 9.67. The highest BCUT2D eigenvalue weighted by Gasteiger charge is 2.31. The van der Waals surface area contributed by atoms with Gasteiger partial charge in [-0.3, -0.25) is 14.9 Å². The Morgan fingerprint density at radius 3 is 2.64 bits per heavy atom. The van der Waals surface area contributed by atoms with Gasteiger partial charge in [-0.15, -0.1) is 21.5 Å². The van der Waals surface area contributed by atoms with Crippen molar-refractivity contribution in [3.05, 3.63) is 65.4 Å². The molecule has 1 atom stereocenters. The Labute approximate surface area is 229 Å². The molecule has 0 saturated carbocycles. The van der Waals surface area contributed by atoms with E-state index in [1.807, 2.05) is 24.3 Å². The van der Waals surface area contributed by atoms with Gasteiger partial charge in [0.25, 0.3) is 11.8 Å². The van der Waals surface area contributed by atoms with Crippen molar-refractivity contribution in [2.75, 3.05) is 18.9 Å². The second kappa shape index (κ2) is 10.9. The summed E-state index contributed by atoms with van der Waals surface area (Å²) in [4.78, 5) is 31.2. The van der Waals surface area contributed by atoms with Crippen LogP contribution in [0, 0.1) is 0 Å². The maximum atomic E-state index is 13.0. The van der Waals surface area contributed by atoms with Gasteiger partial charge in [0, 0.05) is 61.7 Å². The van der Waals surface area contributed by atoms with E-state index >= 15 is 0 Å². The molecule has 2 aliphatic heterocycles. The number of anilines is 1. The predicted octanol–water partition coefficient (Wildman–Crippen LogP) is 4.78. The van der Waals surface area contributed by atoms with Gasteiger partial charge < -0.3 is 18.9 Å². The zero-order valence-corrected chi connectivity index (χ0v) is 22.3. The van der Waals surface area contributed by atoms with Gasteiger partial charge in [0.05, 0.1) is 0 Å². The molecule has 2 aromatic heterocycles. The van der Waals surface area contributed by atoms with Crippen LogP contribution < -0.4 is 14.8 Å². The van der Waals surface area contributed by atoms with Crippen molar-refractivity contribution in [3.63, 3.8) is 0 Å². The van der Waals surface area contributed by atoms with Gasteiger partial charge in [0.2, 0.25) is 0 Å². The quantitative estimate of drug-likeness (QED) is 0.356. The van der Waals surface area contributed by atoms with E-state index in [2.05, 4.69) is 25.1 Å². The number of aromatic nitrogens is 4. The number of rotatable bonds is 7. The average molecular weight is 545 g/mol. The van der Waals surface area contributed by atoms with Crippen LogP contribution in [0.25, 0.3) is 11.4 Å². The van der Waals surface area contributed by atoms with Crippen LogP contribution in [0.15, 0.2) is 54.0 Å². The Balaban J connectivity index is 1.24. The molecule has 2 aliphatic rings. The monoisotopic (exact) mass is 544 g/mol. The van der Waals surface area contributed by atoms with Crippen LogP contribution in [0.2, 0.25) is 0 Å². The maximum Gasteiger partial charge on any atom is 0.263 e. The topological polar surface area (TPSA) is 111 Å². The molecule has 39 heavy (non-hydrogen) atoms. The lowest BCUT2D eigenvalue weighted by molar-refractivity contribution is -0.132. The average Bonchev–Trinajstić information content (AvgIpc) is 3.63. The van der Waals surface area contributed by atoms with Gasteiger partial charge in [0.15, 0.2) is 17.1 Å². The molecule has 0 radical (unpaired) electrons. The van der Waals surface area contributed by atoms with E-state index in [9.17, 15) is 9.59 Å². The highest BCUT2D eigenvalue weighted by Crippen LogP contribution is 2.31. The first kappa shape index (κ1) is 25.1. The molecule has 1 saturated heterocycles. The first-order valence-electron chi connectivity index (χ1n) is 13.0. The van der Waals surface area contributed by atoms with Gasteiger partial charge in [-0.25, -0.2) is 4.98 Å². The maximum absolute atomic E-state index is 13.0. The molecule has 1 unspecified atom stereocenters. The van der Waals surface area contributed by atoms with E-state index in [-0.39, 0.29) is 11.8 Å². The lowest BCUT2D eigenvalue weighted by Gasteiger charge is -2.16. The SMILES string of the molecule is CN1CCC(Oc2cc(Oc3ccc(-c4nnc5n4CCCCC5)cc3)cc(C(=O)Nc3nccs3)c2)C1=O. The third-order valence-corrected chi connectivity index (χ3v) is 7.60. The Morgan fingerprint density at radius 1 is 1.03 bits per heavy atom. The third-order valence-electron chi connectivity index (χ3n) is 6.91. The Hall–Kier alpha value is -4.25. The van der Waals surface area contributed by atoms with Crippen LogP contribution >= 0.6 is 11.3 Å². The molecule has 1 fully saturated rings. The van der Waals surface area contributed by atoms with Crippen LogP contribution in [-0.4, -0.2) is 56.2 Å². The lowest BCUT2D eigenvalue weighted by Crippen LogP contribution is -2.29. The number of ether oxygens (including phenoxy) is 2. The number of carbonyl (C=O) groups excluding carboxylic acids is 2. The van der Waals surface area contributed by atoms with Gasteiger partial charge in [-0.1, -0.05) is 6.42 Å². The molecule has 11 heteroatoms. The number of thiazole rings is 1. The number of hydrogen-bond acceptors (Lipinski definition) is 8. The van der Waals surface area contributed by atoms with Crippen molar-refractivity contribution in [3.8, 4) is 28.6 Å². The molecule has 2 amide bonds. The number of likely N-dealkylation sites (N-methyl/N-ethyl adjacent to an activating group) is 1. The summed E-state index contributed by atoms with van der Waals surface area (Å²) < 4.78 is 14.4. The summed E-state index contributed by atoms with van der Waals surface area (Å²) in [7, 11) is 1.75. The molecule has 4 aromatic rings. The summed E-state index contributed by atoms with van der Waals surface area (Å²) in [6, 6.07) is 12.6. The van der Waals surface area contributed by atoms with Crippen LogP contribution in [0.4, 0.5) is 5.13 Å². The van der Waals surface area contributed by atoms with Crippen LogP contribution in [0.3, 0.4) is 0 Å². The minimum Gasteiger partial charge on any atom is -0.480 e. The fraction of sp³-hybridized carbons (Fsp3) is 0.321. The molecule has 0 aliphatic carbocycles. The van der Waals surface area contributed by atoms with Crippen molar-refractivity contribution in [2.45, 2.75) is 44.8 Å². The van der Waals surface area contributed by atoms with Gasteiger partial charge in [-0.2, -0.15) is 0 Å². The minimum absolute atomic E-state index is 0.0860. The predicted molar refractivity (Wildman–Crippen MR) is 146 cm³/mol. The fourth-order valence-electron chi connectivity index (χ4n) is 4.85. The van der Waals surface area contributed by atoms with Gasteiger partial charge >= 0.3 is 0 Å². The smallest absolute Gasteiger partial charge is 0.263 e. The summed E-state index contributed by atoms with van der Waals surface area (Å²) >= 11 is 1.33. The number of fused-ring (bicyclic) bond motifs is 1. The number of benzene rings is 2. The van der Waals surface area contributed by atoms with E-state index in [0.29, 0.717) is 40.9 Å². The number of carbonyl (C=O) groups is 2. The number of hydrogen-bond donors (Lipinski definition) is 1. The van der Waals surface area contributed by atoms with Crippen molar-refractivity contribution in [1.29, 1.82) is 0 Å². The highest BCUT2D eigenvalue weighted by molar-refractivity contribution is 7.13. The van der Waals surface area contributed by atoms with Crippen LogP contribution in [-0.2, 0) is 17.8 Å². The zero-order valence-electron chi connectivity index (χ0n) is 21.5. The van der Waals surface area contributed by atoms with Gasteiger partial charge in [-0.05, 0) is 49.2 Å². The van der Waals surface area contributed by atoms with Crippen molar-refractivity contribution in [1.82, 2.24) is 24.6 Å².